The fourth-order valence-corrected chi connectivity index (χ4v) is 3.64. The zero-order valence-corrected chi connectivity index (χ0v) is 14.3. The van der Waals surface area contributed by atoms with Crippen LogP contribution in [0.2, 0.25) is 0 Å². The maximum atomic E-state index is 13.8. The largest absolute Gasteiger partial charge is 0.381 e. The molecule has 1 aromatic carbocycles. The summed E-state index contributed by atoms with van der Waals surface area (Å²) in [5.41, 5.74) is 1.83. The topological polar surface area (TPSA) is 67.0 Å². The van der Waals surface area contributed by atoms with E-state index in [9.17, 15) is 9.18 Å². The van der Waals surface area contributed by atoms with Crippen molar-refractivity contribution in [3.05, 3.63) is 65.7 Å². The maximum Gasteiger partial charge on any atom is 0.253 e. The molecule has 0 aliphatic carbocycles. The molecule has 3 aromatic rings. The molecule has 1 saturated heterocycles. The number of fused-ring (bicyclic) bond motifs is 1. The molecule has 0 bridgehead atoms. The predicted octanol–water partition coefficient (Wildman–Crippen LogP) is 3.18. The molecule has 1 amide bonds. The second kappa shape index (κ2) is 6.88. The lowest BCUT2D eigenvalue weighted by molar-refractivity contribution is 0.0486. The van der Waals surface area contributed by atoms with Gasteiger partial charge in [0.1, 0.15) is 11.5 Å². The van der Waals surface area contributed by atoms with E-state index in [0.717, 1.165) is 23.8 Å². The third-order valence-electron chi connectivity index (χ3n) is 5.17. The van der Waals surface area contributed by atoms with Crippen LogP contribution in [0.15, 0.2) is 48.8 Å². The van der Waals surface area contributed by atoms with Gasteiger partial charge in [-0.2, -0.15) is 0 Å². The SMILES string of the molecule is O=C(NCC1(c2cccc(F)c2)CCOCC1)c1c[nH]c2ncccc12. The second-order valence-electron chi connectivity index (χ2n) is 6.69. The number of halogens is 1. The third kappa shape index (κ3) is 3.08. The summed E-state index contributed by atoms with van der Waals surface area (Å²) in [4.78, 5) is 20.0. The lowest BCUT2D eigenvalue weighted by Gasteiger charge is -2.38. The summed E-state index contributed by atoms with van der Waals surface area (Å²) in [5.74, 6) is -0.422. The van der Waals surface area contributed by atoms with Gasteiger partial charge in [0.15, 0.2) is 0 Å². The van der Waals surface area contributed by atoms with E-state index < -0.39 is 0 Å². The van der Waals surface area contributed by atoms with Crippen LogP contribution in [0, 0.1) is 5.82 Å². The monoisotopic (exact) mass is 353 g/mol. The Labute approximate surface area is 150 Å². The number of benzene rings is 1. The van der Waals surface area contributed by atoms with E-state index >= 15 is 0 Å². The number of H-pyrrole nitrogens is 1. The number of nitrogens with zero attached hydrogens (tertiary/aromatic N) is 1. The molecule has 1 aliphatic heterocycles. The summed E-state index contributed by atoms with van der Waals surface area (Å²) in [5, 5.41) is 3.83. The zero-order valence-electron chi connectivity index (χ0n) is 14.3. The molecule has 3 heterocycles. The van der Waals surface area contributed by atoms with Crippen LogP contribution in [0.5, 0.6) is 0 Å². The second-order valence-corrected chi connectivity index (χ2v) is 6.69. The summed E-state index contributed by atoms with van der Waals surface area (Å²) in [6.07, 6.45) is 4.84. The van der Waals surface area contributed by atoms with Gasteiger partial charge in [0.2, 0.25) is 0 Å². The van der Waals surface area contributed by atoms with Crippen molar-refractivity contribution in [1.82, 2.24) is 15.3 Å². The summed E-state index contributed by atoms with van der Waals surface area (Å²) >= 11 is 0. The summed E-state index contributed by atoms with van der Waals surface area (Å²) in [7, 11) is 0. The highest BCUT2D eigenvalue weighted by atomic mass is 19.1. The summed E-state index contributed by atoms with van der Waals surface area (Å²) < 4.78 is 19.3. The normalized spacial score (nSPS) is 16.5. The highest BCUT2D eigenvalue weighted by Crippen LogP contribution is 2.34. The lowest BCUT2D eigenvalue weighted by Crippen LogP contribution is -2.44. The first-order chi connectivity index (χ1) is 12.7. The van der Waals surface area contributed by atoms with Gasteiger partial charge in [-0.1, -0.05) is 12.1 Å². The first kappa shape index (κ1) is 16.7. The highest BCUT2D eigenvalue weighted by molar-refractivity contribution is 6.05. The van der Waals surface area contributed by atoms with E-state index in [4.69, 9.17) is 4.74 Å². The molecule has 134 valence electrons. The van der Waals surface area contributed by atoms with Crippen molar-refractivity contribution in [1.29, 1.82) is 0 Å². The van der Waals surface area contributed by atoms with Gasteiger partial charge >= 0.3 is 0 Å². The van der Waals surface area contributed by atoms with Gasteiger partial charge in [0.25, 0.3) is 5.91 Å². The van der Waals surface area contributed by atoms with E-state index in [1.54, 1.807) is 30.6 Å². The first-order valence-corrected chi connectivity index (χ1v) is 8.72. The quantitative estimate of drug-likeness (QED) is 0.757. The van der Waals surface area contributed by atoms with Crippen molar-refractivity contribution in [2.45, 2.75) is 18.3 Å². The molecule has 2 aromatic heterocycles. The van der Waals surface area contributed by atoms with Crippen LogP contribution in [-0.2, 0) is 10.2 Å². The van der Waals surface area contributed by atoms with Gasteiger partial charge < -0.3 is 15.0 Å². The van der Waals surface area contributed by atoms with Crippen molar-refractivity contribution in [3.8, 4) is 0 Å². The summed E-state index contributed by atoms with van der Waals surface area (Å²) in [6.45, 7) is 1.64. The number of aromatic amines is 1. The van der Waals surface area contributed by atoms with Gasteiger partial charge in [0.05, 0.1) is 5.56 Å². The van der Waals surface area contributed by atoms with E-state index in [0.29, 0.717) is 31.0 Å². The molecule has 1 fully saturated rings. The molecule has 26 heavy (non-hydrogen) atoms. The molecule has 6 heteroatoms. The molecular formula is C20H20FN3O2. The van der Waals surface area contributed by atoms with Crippen molar-refractivity contribution in [3.63, 3.8) is 0 Å². The van der Waals surface area contributed by atoms with Crippen LogP contribution in [0.1, 0.15) is 28.8 Å². The van der Waals surface area contributed by atoms with E-state index in [1.165, 1.54) is 6.07 Å². The number of rotatable bonds is 4. The molecular weight excluding hydrogens is 333 g/mol. The Morgan fingerprint density at radius 1 is 1.27 bits per heavy atom. The number of ether oxygens (including phenoxy) is 1. The van der Waals surface area contributed by atoms with Crippen molar-refractivity contribution in [2.75, 3.05) is 19.8 Å². The minimum absolute atomic E-state index is 0.161. The van der Waals surface area contributed by atoms with Gasteiger partial charge in [-0.05, 0) is 42.7 Å². The number of carbonyl (C=O) groups excluding carboxylic acids is 1. The van der Waals surface area contributed by atoms with Crippen LogP contribution in [0.25, 0.3) is 11.0 Å². The molecule has 5 nitrogen and oxygen atoms in total. The van der Waals surface area contributed by atoms with Gasteiger partial charge in [0, 0.05) is 43.0 Å². The Bertz CT molecular complexity index is 931. The number of amides is 1. The predicted molar refractivity (Wildman–Crippen MR) is 96.6 cm³/mol. The lowest BCUT2D eigenvalue weighted by atomic mass is 9.74. The Balaban J connectivity index is 1.58. The average molecular weight is 353 g/mol. The smallest absolute Gasteiger partial charge is 0.253 e. The van der Waals surface area contributed by atoms with Crippen molar-refractivity contribution in [2.24, 2.45) is 0 Å². The van der Waals surface area contributed by atoms with Crippen molar-refractivity contribution >= 4 is 16.9 Å². The highest BCUT2D eigenvalue weighted by Gasteiger charge is 2.35. The molecule has 1 aliphatic rings. The van der Waals surface area contributed by atoms with Crippen LogP contribution < -0.4 is 5.32 Å². The number of carbonyl (C=O) groups is 1. The Morgan fingerprint density at radius 2 is 2.12 bits per heavy atom. The molecule has 0 spiro atoms. The minimum Gasteiger partial charge on any atom is -0.381 e. The fourth-order valence-electron chi connectivity index (χ4n) is 3.64. The fraction of sp³-hybridized carbons (Fsp3) is 0.300. The maximum absolute atomic E-state index is 13.8. The van der Waals surface area contributed by atoms with Crippen LogP contribution >= 0.6 is 0 Å². The van der Waals surface area contributed by atoms with Crippen molar-refractivity contribution < 1.29 is 13.9 Å². The standard InChI is InChI=1S/C20H20FN3O2/c21-15-4-1-3-14(11-15)20(6-9-26-10-7-20)13-24-19(25)17-12-23-18-16(17)5-2-8-22-18/h1-5,8,11-12H,6-7,9-10,13H2,(H,22,23)(H,24,25). The number of pyridine rings is 1. The molecule has 0 saturated carbocycles. The van der Waals surface area contributed by atoms with Crippen LogP contribution in [-0.4, -0.2) is 35.6 Å². The van der Waals surface area contributed by atoms with Crippen LogP contribution in [0.4, 0.5) is 4.39 Å². The van der Waals surface area contributed by atoms with E-state index in [1.807, 2.05) is 12.1 Å². The van der Waals surface area contributed by atoms with Gasteiger partial charge in [-0.25, -0.2) is 9.37 Å². The first-order valence-electron chi connectivity index (χ1n) is 8.72. The zero-order chi connectivity index (χ0) is 18.0. The Kier molecular flexibility index (Phi) is 4.42. The Morgan fingerprint density at radius 3 is 2.92 bits per heavy atom. The minimum atomic E-state index is -0.319. The molecule has 2 N–H and O–H groups in total. The van der Waals surface area contributed by atoms with E-state index in [2.05, 4.69) is 15.3 Å². The van der Waals surface area contributed by atoms with Gasteiger partial charge in [-0.3, -0.25) is 4.79 Å². The number of aromatic nitrogens is 2. The van der Waals surface area contributed by atoms with Crippen LogP contribution in [0.3, 0.4) is 0 Å². The average Bonchev–Trinajstić information content (AvgIpc) is 3.11. The van der Waals surface area contributed by atoms with E-state index in [-0.39, 0.29) is 17.1 Å². The number of hydrogen-bond acceptors (Lipinski definition) is 3. The molecule has 4 rings (SSSR count). The molecule has 0 unspecified atom stereocenters. The third-order valence-corrected chi connectivity index (χ3v) is 5.17. The molecule has 0 radical (unpaired) electrons. The van der Waals surface area contributed by atoms with Gasteiger partial charge in [-0.15, -0.1) is 0 Å². The number of nitrogens with one attached hydrogen (secondary N) is 2. The Hall–Kier alpha value is -2.73. The summed E-state index contributed by atoms with van der Waals surface area (Å²) in [6, 6.07) is 10.3. The molecule has 0 atom stereocenters. The number of hydrogen-bond donors (Lipinski definition) is 2.